The van der Waals surface area contributed by atoms with Gasteiger partial charge in [-0.15, -0.1) is 0 Å². The minimum atomic E-state index is -3.21. The van der Waals surface area contributed by atoms with Crippen LogP contribution in [0.25, 0.3) is 0 Å². The summed E-state index contributed by atoms with van der Waals surface area (Å²) < 4.78 is 28.9. The van der Waals surface area contributed by atoms with E-state index in [0.717, 1.165) is 48.8 Å². The van der Waals surface area contributed by atoms with Crippen molar-refractivity contribution in [3.05, 3.63) is 59.2 Å². The highest BCUT2D eigenvalue weighted by atomic mass is 32.2. The summed E-state index contributed by atoms with van der Waals surface area (Å²) in [5, 5.41) is 6.78. The maximum atomic E-state index is 11.8. The summed E-state index contributed by atoms with van der Waals surface area (Å²) in [5.74, 6) is 1.64. The molecule has 0 bridgehead atoms. The number of ether oxygens (including phenoxy) is 1. The van der Waals surface area contributed by atoms with Gasteiger partial charge in [0.15, 0.2) is 15.8 Å². The molecule has 1 fully saturated rings. The van der Waals surface area contributed by atoms with E-state index in [1.165, 1.54) is 11.8 Å². The van der Waals surface area contributed by atoms with E-state index in [1.54, 1.807) is 13.2 Å². The van der Waals surface area contributed by atoms with Crippen LogP contribution in [0.5, 0.6) is 5.75 Å². The summed E-state index contributed by atoms with van der Waals surface area (Å²) in [5.41, 5.74) is 3.20. The third-order valence-electron chi connectivity index (χ3n) is 5.55. The second kappa shape index (κ2) is 9.08. The normalized spacial score (nSPS) is 15.5. The number of guanidine groups is 1. The van der Waals surface area contributed by atoms with Crippen LogP contribution in [0, 0.1) is 6.92 Å². The Bertz CT molecular complexity index is 1010. The summed E-state index contributed by atoms with van der Waals surface area (Å²) in [7, 11) is -1.53. The molecule has 0 atom stereocenters. The fourth-order valence-electron chi connectivity index (χ4n) is 3.65. The zero-order chi connectivity index (χ0) is 21.8. The lowest BCUT2D eigenvalue weighted by molar-refractivity contribution is 0.414. The monoisotopic (exact) mass is 429 g/mol. The highest BCUT2D eigenvalue weighted by Crippen LogP contribution is 2.47. The fraction of sp³-hybridized carbons (Fsp3) is 0.435. The van der Waals surface area contributed by atoms with Crippen molar-refractivity contribution in [3.8, 4) is 5.75 Å². The maximum absolute atomic E-state index is 11.8. The molecule has 0 radical (unpaired) electrons. The largest absolute Gasteiger partial charge is 0.497 e. The molecule has 2 aromatic rings. The summed E-state index contributed by atoms with van der Waals surface area (Å²) in [6, 6.07) is 13.7. The first-order chi connectivity index (χ1) is 14.3. The van der Waals surface area contributed by atoms with Gasteiger partial charge in [0.25, 0.3) is 0 Å². The summed E-state index contributed by atoms with van der Waals surface area (Å²) >= 11 is 0. The van der Waals surface area contributed by atoms with Crippen LogP contribution in [-0.2, 0) is 21.8 Å². The summed E-state index contributed by atoms with van der Waals surface area (Å²) in [6.45, 7) is 5.93. The molecule has 6 nitrogen and oxygen atoms in total. The molecule has 1 aliphatic carbocycles. The van der Waals surface area contributed by atoms with Gasteiger partial charge in [-0.05, 0) is 61.6 Å². The Kier molecular flexibility index (Phi) is 6.71. The van der Waals surface area contributed by atoms with Gasteiger partial charge >= 0.3 is 0 Å². The van der Waals surface area contributed by atoms with Crippen LogP contribution in [0.1, 0.15) is 36.5 Å². The van der Waals surface area contributed by atoms with Gasteiger partial charge in [-0.25, -0.2) is 13.4 Å². The highest BCUT2D eigenvalue weighted by Gasteiger charge is 2.44. The lowest BCUT2D eigenvalue weighted by Crippen LogP contribution is -2.41. The number of methoxy groups -OCH3 is 1. The number of hydrogen-bond donors (Lipinski definition) is 2. The van der Waals surface area contributed by atoms with E-state index in [0.29, 0.717) is 11.4 Å². The van der Waals surface area contributed by atoms with Crippen LogP contribution in [0.3, 0.4) is 0 Å². The molecular weight excluding hydrogens is 398 g/mol. The molecule has 0 heterocycles. The van der Waals surface area contributed by atoms with Crippen LogP contribution in [0.2, 0.25) is 0 Å². The Morgan fingerprint density at radius 3 is 2.37 bits per heavy atom. The lowest BCUT2D eigenvalue weighted by atomic mass is 9.96. The van der Waals surface area contributed by atoms with Gasteiger partial charge in [-0.3, -0.25) is 0 Å². The molecule has 0 aromatic heterocycles. The van der Waals surface area contributed by atoms with Crippen LogP contribution >= 0.6 is 0 Å². The van der Waals surface area contributed by atoms with Crippen molar-refractivity contribution in [2.24, 2.45) is 4.99 Å². The minimum absolute atomic E-state index is 0.149. The highest BCUT2D eigenvalue weighted by molar-refractivity contribution is 7.90. The molecule has 30 heavy (non-hydrogen) atoms. The third kappa shape index (κ3) is 5.33. The molecule has 0 unspecified atom stereocenters. The molecule has 162 valence electrons. The SMILES string of the molecule is CCNC(=NCc1ccc(S(C)(=O)=O)c(C)c1)NCC1(c2ccc(OC)cc2)CC1. The van der Waals surface area contributed by atoms with Crippen LogP contribution in [-0.4, -0.2) is 40.8 Å². The van der Waals surface area contributed by atoms with Gasteiger partial charge in [0, 0.05) is 24.8 Å². The average molecular weight is 430 g/mol. The van der Waals surface area contributed by atoms with Crippen LogP contribution in [0.15, 0.2) is 52.4 Å². The fourth-order valence-corrected chi connectivity index (χ4v) is 4.61. The standard InChI is InChI=1S/C23H31N3O3S/c1-5-24-22(25-15-18-6-11-21(17(2)14-18)30(4,27)28)26-16-23(12-13-23)19-7-9-20(29-3)10-8-19/h6-11,14H,5,12-13,15-16H2,1-4H3,(H2,24,25,26). The molecule has 1 aliphatic rings. The van der Waals surface area contributed by atoms with E-state index in [2.05, 4.69) is 22.8 Å². The first kappa shape index (κ1) is 22.2. The quantitative estimate of drug-likeness (QED) is 0.498. The molecule has 0 saturated heterocycles. The number of aliphatic imine (C=N–C) groups is 1. The Balaban J connectivity index is 1.67. The lowest BCUT2D eigenvalue weighted by Gasteiger charge is -2.19. The van der Waals surface area contributed by atoms with Crippen molar-refractivity contribution in [1.82, 2.24) is 10.6 Å². The van der Waals surface area contributed by atoms with Crippen molar-refractivity contribution in [1.29, 1.82) is 0 Å². The van der Waals surface area contributed by atoms with Crippen molar-refractivity contribution in [2.75, 3.05) is 26.5 Å². The van der Waals surface area contributed by atoms with E-state index < -0.39 is 9.84 Å². The van der Waals surface area contributed by atoms with Gasteiger partial charge < -0.3 is 15.4 Å². The van der Waals surface area contributed by atoms with E-state index in [9.17, 15) is 8.42 Å². The number of rotatable bonds is 8. The van der Waals surface area contributed by atoms with Crippen LogP contribution in [0.4, 0.5) is 0 Å². The first-order valence-corrected chi connectivity index (χ1v) is 12.1. The number of benzene rings is 2. The zero-order valence-electron chi connectivity index (χ0n) is 18.2. The van der Waals surface area contributed by atoms with Crippen molar-refractivity contribution >= 4 is 15.8 Å². The molecule has 7 heteroatoms. The zero-order valence-corrected chi connectivity index (χ0v) is 19.0. The minimum Gasteiger partial charge on any atom is -0.497 e. The Labute approximate surface area is 179 Å². The molecular formula is C23H31N3O3S. The van der Waals surface area contributed by atoms with Crippen molar-refractivity contribution < 1.29 is 13.2 Å². The molecule has 0 amide bonds. The summed E-state index contributed by atoms with van der Waals surface area (Å²) in [6.07, 6.45) is 3.53. The summed E-state index contributed by atoms with van der Waals surface area (Å²) in [4.78, 5) is 5.06. The average Bonchev–Trinajstić information content (AvgIpc) is 3.50. The molecule has 0 spiro atoms. The number of nitrogens with one attached hydrogen (secondary N) is 2. The van der Waals surface area contributed by atoms with Crippen molar-refractivity contribution in [3.63, 3.8) is 0 Å². The maximum Gasteiger partial charge on any atom is 0.191 e. The van der Waals surface area contributed by atoms with Gasteiger partial charge in [-0.1, -0.05) is 24.3 Å². The topological polar surface area (TPSA) is 79.8 Å². The molecule has 3 rings (SSSR count). The predicted octanol–water partition coefficient (Wildman–Crippen LogP) is 3.19. The first-order valence-electron chi connectivity index (χ1n) is 10.2. The predicted molar refractivity (Wildman–Crippen MR) is 121 cm³/mol. The molecule has 1 saturated carbocycles. The molecule has 2 aromatic carbocycles. The van der Waals surface area contributed by atoms with E-state index in [-0.39, 0.29) is 5.41 Å². The Morgan fingerprint density at radius 2 is 1.83 bits per heavy atom. The number of sulfone groups is 1. The molecule has 2 N–H and O–H groups in total. The molecule has 0 aliphatic heterocycles. The second-order valence-electron chi connectivity index (χ2n) is 7.93. The number of hydrogen-bond acceptors (Lipinski definition) is 4. The van der Waals surface area contributed by atoms with E-state index in [1.807, 2.05) is 38.1 Å². The van der Waals surface area contributed by atoms with E-state index in [4.69, 9.17) is 9.73 Å². The smallest absolute Gasteiger partial charge is 0.191 e. The van der Waals surface area contributed by atoms with Crippen LogP contribution < -0.4 is 15.4 Å². The van der Waals surface area contributed by atoms with Gasteiger partial charge in [0.05, 0.1) is 18.6 Å². The third-order valence-corrected chi connectivity index (χ3v) is 6.81. The number of aryl methyl sites for hydroxylation is 1. The second-order valence-corrected chi connectivity index (χ2v) is 9.91. The van der Waals surface area contributed by atoms with Gasteiger partial charge in [0.2, 0.25) is 0 Å². The Hall–Kier alpha value is -2.54. The Morgan fingerprint density at radius 1 is 1.13 bits per heavy atom. The number of nitrogens with zero attached hydrogens (tertiary/aromatic N) is 1. The van der Waals surface area contributed by atoms with Gasteiger partial charge in [0.1, 0.15) is 5.75 Å². The van der Waals surface area contributed by atoms with Crippen molar-refractivity contribution in [2.45, 2.75) is 43.5 Å². The van der Waals surface area contributed by atoms with E-state index >= 15 is 0 Å². The van der Waals surface area contributed by atoms with Gasteiger partial charge in [-0.2, -0.15) is 0 Å².